The quantitative estimate of drug-likeness (QED) is 0.109. The first kappa shape index (κ1) is 28.7. The van der Waals surface area contributed by atoms with Crippen LogP contribution in [0.15, 0.2) is 118 Å². The minimum Gasteiger partial charge on any atom is -0.508 e. The number of hydrogen-bond acceptors (Lipinski definition) is 6. The van der Waals surface area contributed by atoms with E-state index in [-0.39, 0.29) is 11.3 Å². The largest absolute Gasteiger partial charge is 0.508 e. The van der Waals surface area contributed by atoms with E-state index in [1.807, 2.05) is 6.07 Å². The molecule has 8 nitrogen and oxygen atoms in total. The highest BCUT2D eigenvalue weighted by atomic mass is 79.9. The summed E-state index contributed by atoms with van der Waals surface area (Å²) in [6.07, 6.45) is -0.267. The molecule has 0 aliphatic heterocycles. The Kier molecular flexibility index (Phi) is 9.82. The van der Waals surface area contributed by atoms with Crippen LogP contribution in [0.3, 0.4) is 0 Å². The number of nitrogen functional groups attached to an aromatic ring is 1. The molecule has 4 aromatic rings. The molecule has 0 aliphatic carbocycles. The number of nitrogens with one attached hydrogen (secondary N) is 2. The van der Waals surface area contributed by atoms with Crippen molar-refractivity contribution in [2.75, 3.05) is 16.4 Å². The molecule has 4 rings (SSSR count). The first-order valence-electron chi connectivity index (χ1n) is 12.1. The van der Waals surface area contributed by atoms with Gasteiger partial charge in [-0.25, -0.2) is 4.79 Å². The molecule has 204 valence electrons. The minimum atomic E-state index is -1.17. The predicted octanol–water partition coefficient (Wildman–Crippen LogP) is 7.43. The SMILES string of the molecule is Nc1ccccc1NC(=O)/C=C/[C@@H](Oc1ccccc1)[C@H](OC(=O)Nc1ccc(Br)cc1)c1cc(Br)ccc1O. The lowest BCUT2D eigenvalue weighted by atomic mass is 10.0. The van der Waals surface area contributed by atoms with Gasteiger partial charge in [-0.05, 0) is 72.8 Å². The average molecular weight is 667 g/mol. The van der Waals surface area contributed by atoms with Crippen molar-refractivity contribution in [1.29, 1.82) is 0 Å². The van der Waals surface area contributed by atoms with Crippen molar-refractivity contribution in [1.82, 2.24) is 0 Å². The van der Waals surface area contributed by atoms with E-state index in [9.17, 15) is 14.7 Å². The molecule has 0 bridgehead atoms. The van der Waals surface area contributed by atoms with Crippen LogP contribution >= 0.6 is 31.9 Å². The molecular weight excluding hydrogens is 642 g/mol. The summed E-state index contributed by atoms with van der Waals surface area (Å²) >= 11 is 6.77. The molecule has 10 heteroatoms. The monoisotopic (exact) mass is 665 g/mol. The van der Waals surface area contributed by atoms with E-state index in [2.05, 4.69) is 42.5 Å². The van der Waals surface area contributed by atoms with Crippen LogP contribution in [0.1, 0.15) is 11.7 Å². The number of anilines is 3. The van der Waals surface area contributed by atoms with Crippen molar-refractivity contribution in [3.8, 4) is 11.5 Å². The molecular formula is C30H25Br2N3O5. The van der Waals surface area contributed by atoms with E-state index in [0.29, 0.717) is 27.3 Å². The van der Waals surface area contributed by atoms with Gasteiger partial charge >= 0.3 is 6.09 Å². The Labute approximate surface area is 248 Å². The van der Waals surface area contributed by atoms with Crippen LogP contribution in [0.25, 0.3) is 0 Å². The molecule has 4 aromatic carbocycles. The lowest BCUT2D eigenvalue weighted by molar-refractivity contribution is -0.112. The Morgan fingerprint density at radius 3 is 2.25 bits per heavy atom. The third kappa shape index (κ3) is 8.11. The van der Waals surface area contributed by atoms with Gasteiger partial charge in [0.25, 0.3) is 0 Å². The molecule has 40 heavy (non-hydrogen) atoms. The number of amides is 2. The van der Waals surface area contributed by atoms with Gasteiger partial charge in [0.15, 0.2) is 12.2 Å². The molecule has 0 radical (unpaired) electrons. The van der Waals surface area contributed by atoms with Crippen LogP contribution in [0.5, 0.6) is 11.5 Å². The lowest BCUT2D eigenvalue weighted by Gasteiger charge is -2.27. The number of benzene rings is 4. The number of nitrogens with two attached hydrogens (primary N) is 1. The number of halogens is 2. The zero-order chi connectivity index (χ0) is 28.5. The van der Waals surface area contributed by atoms with E-state index in [4.69, 9.17) is 15.2 Å². The number of phenols is 1. The van der Waals surface area contributed by atoms with Crippen LogP contribution in [-0.2, 0) is 9.53 Å². The van der Waals surface area contributed by atoms with Crippen molar-refractivity contribution in [3.63, 3.8) is 0 Å². The molecule has 0 fully saturated rings. The third-order valence-electron chi connectivity index (χ3n) is 5.59. The zero-order valence-electron chi connectivity index (χ0n) is 21.0. The summed E-state index contributed by atoms with van der Waals surface area (Å²) in [4.78, 5) is 25.8. The molecule has 0 spiro atoms. The number of carbonyl (C=O) groups is 2. The highest BCUT2D eigenvalue weighted by molar-refractivity contribution is 9.10. The number of hydrogen-bond donors (Lipinski definition) is 4. The van der Waals surface area contributed by atoms with Crippen molar-refractivity contribution >= 4 is 60.9 Å². The number of phenolic OH excluding ortho intramolecular Hbond substituents is 1. The van der Waals surface area contributed by atoms with E-state index < -0.39 is 24.2 Å². The van der Waals surface area contributed by atoms with Crippen LogP contribution in [0.2, 0.25) is 0 Å². The molecule has 0 saturated heterocycles. The summed E-state index contributed by atoms with van der Waals surface area (Å²) in [5, 5.41) is 16.1. The fraction of sp³-hybridized carbons (Fsp3) is 0.0667. The fourth-order valence-corrected chi connectivity index (χ4v) is 4.33. The standard InChI is InChI=1S/C30H25Br2N3O5/c31-19-10-13-21(14-11-19)34-30(38)40-29(23-18-20(32)12-15-26(23)36)27(39-22-6-2-1-3-7-22)16-17-28(37)35-25-9-5-4-8-24(25)33/h1-18,27,29,36H,33H2,(H,34,38)(H,35,37)/b17-16+/t27-,29-/m1/s1. The average Bonchev–Trinajstić information content (AvgIpc) is 2.94. The maximum Gasteiger partial charge on any atom is 0.412 e. The van der Waals surface area contributed by atoms with E-state index in [1.54, 1.807) is 84.9 Å². The molecule has 2 amide bonds. The van der Waals surface area contributed by atoms with Gasteiger partial charge in [0, 0.05) is 26.3 Å². The van der Waals surface area contributed by atoms with Gasteiger partial charge in [0.1, 0.15) is 11.5 Å². The smallest absolute Gasteiger partial charge is 0.412 e. The van der Waals surface area contributed by atoms with Crippen molar-refractivity contribution in [3.05, 3.63) is 124 Å². The van der Waals surface area contributed by atoms with Gasteiger partial charge < -0.3 is 25.6 Å². The van der Waals surface area contributed by atoms with Gasteiger partial charge in [-0.1, -0.05) is 62.2 Å². The summed E-state index contributed by atoms with van der Waals surface area (Å²) < 4.78 is 13.5. The second-order valence-corrected chi connectivity index (χ2v) is 10.3. The van der Waals surface area contributed by atoms with Crippen LogP contribution in [0, 0.1) is 0 Å². The van der Waals surface area contributed by atoms with Crippen molar-refractivity contribution < 1.29 is 24.2 Å². The first-order valence-corrected chi connectivity index (χ1v) is 13.6. The summed E-state index contributed by atoms with van der Waals surface area (Å²) in [6.45, 7) is 0. The second-order valence-electron chi connectivity index (χ2n) is 8.49. The topological polar surface area (TPSA) is 123 Å². The normalized spacial score (nSPS) is 12.3. The van der Waals surface area contributed by atoms with Gasteiger partial charge in [-0.15, -0.1) is 0 Å². The van der Waals surface area contributed by atoms with Crippen LogP contribution < -0.4 is 21.1 Å². The minimum absolute atomic E-state index is 0.124. The summed E-state index contributed by atoms with van der Waals surface area (Å²) in [5.41, 5.74) is 7.57. The van der Waals surface area contributed by atoms with Gasteiger partial charge in [-0.2, -0.15) is 0 Å². The highest BCUT2D eigenvalue weighted by Gasteiger charge is 2.30. The van der Waals surface area contributed by atoms with Crippen LogP contribution in [-0.4, -0.2) is 23.2 Å². The van der Waals surface area contributed by atoms with Gasteiger partial charge in [0.2, 0.25) is 5.91 Å². The van der Waals surface area contributed by atoms with Crippen LogP contribution in [0.4, 0.5) is 21.9 Å². The Balaban J connectivity index is 1.67. The molecule has 5 N–H and O–H groups in total. The summed E-state index contributed by atoms with van der Waals surface area (Å²) in [7, 11) is 0. The molecule has 0 aromatic heterocycles. The lowest BCUT2D eigenvalue weighted by Crippen LogP contribution is -2.30. The Bertz CT molecular complexity index is 1500. The number of para-hydroxylation sites is 3. The van der Waals surface area contributed by atoms with Gasteiger partial charge in [0.05, 0.1) is 11.4 Å². The zero-order valence-corrected chi connectivity index (χ0v) is 24.1. The van der Waals surface area contributed by atoms with E-state index >= 15 is 0 Å². The van der Waals surface area contributed by atoms with Crippen molar-refractivity contribution in [2.45, 2.75) is 12.2 Å². The van der Waals surface area contributed by atoms with E-state index in [0.717, 1.165) is 4.47 Å². The number of carbonyl (C=O) groups excluding carboxylic acids is 2. The number of ether oxygens (including phenoxy) is 2. The fourth-order valence-electron chi connectivity index (χ4n) is 3.68. The van der Waals surface area contributed by atoms with Gasteiger partial charge in [-0.3, -0.25) is 10.1 Å². The van der Waals surface area contributed by atoms with E-state index in [1.165, 1.54) is 18.2 Å². The highest BCUT2D eigenvalue weighted by Crippen LogP contribution is 2.35. The summed E-state index contributed by atoms with van der Waals surface area (Å²) in [6, 6.07) is 27.4. The maximum atomic E-state index is 13.0. The molecule has 0 saturated carbocycles. The third-order valence-corrected chi connectivity index (χ3v) is 6.61. The van der Waals surface area contributed by atoms with Crippen molar-refractivity contribution in [2.24, 2.45) is 0 Å². The Morgan fingerprint density at radius 2 is 1.52 bits per heavy atom. The summed E-state index contributed by atoms with van der Waals surface area (Å²) in [5.74, 6) is -0.140. The first-order chi connectivity index (χ1) is 19.3. The maximum absolute atomic E-state index is 13.0. The molecule has 0 aliphatic rings. The Morgan fingerprint density at radius 1 is 0.850 bits per heavy atom. The molecule has 2 atom stereocenters. The second kappa shape index (κ2) is 13.7. The predicted molar refractivity (Wildman–Crippen MR) is 162 cm³/mol. The molecule has 0 heterocycles. The Hall–Kier alpha value is -4.28. The number of rotatable bonds is 9. The molecule has 0 unspecified atom stereocenters. The number of aromatic hydroxyl groups is 1.